The highest BCUT2D eigenvalue weighted by atomic mass is 35.5. The maximum absolute atomic E-state index is 11.9. The van der Waals surface area contributed by atoms with Gasteiger partial charge in [0.2, 0.25) is 5.91 Å². The van der Waals surface area contributed by atoms with Gasteiger partial charge in [-0.3, -0.25) is 9.59 Å². The molecule has 1 heterocycles. The number of carbonyl (C=O) groups is 2. The van der Waals surface area contributed by atoms with Crippen molar-refractivity contribution >= 4 is 34.8 Å². The molecule has 21 heavy (non-hydrogen) atoms. The van der Waals surface area contributed by atoms with Crippen molar-refractivity contribution in [1.82, 2.24) is 9.97 Å². The van der Waals surface area contributed by atoms with Gasteiger partial charge in [0.05, 0.1) is 12.4 Å². The van der Waals surface area contributed by atoms with Gasteiger partial charge in [0.1, 0.15) is 10.8 Å². The number of nitrogens with zero attached hydrogens (tertiary/aromatic N) is 2. The highest BCUT2D eigenvalue weighted by Crippen LogP contribution is 2.14. The van der Waals surface area contributed by atoms with Gasteiger partial charge >= 0.3 is 0 Å². The average Bonchev–Trinajstić information content (AvgIpc) is 2.49. The van der Waals surface area contributed by atoms with Crippen molar-refractivity contribution in [2.24, 2.45) is 0 Å². The molecule has 6 nitrogen and oxygen atoms in total. The van der Waals surface area contributed by atoms with Gasteiger partial charge in [-0.15, -0.1) is 0 Å². The number of anilines is 2. The number of carbonyl (C=O) groups excluding carboxylic acids is 2. The minimum absolute atomic E-state index is 0.0665. The van der Waals surface area contributed by atoms with E-state index in [1.165, 1.54) is 12.4 Å². The van der Waals surface area contributed by atoms with E-state index in [1.807, 2.05) is 0 Å². The van der Waals surface area contributed by atoms with E-state index < -0.39 is 0 Å². The maximum atomic E-state index is 11.9. The van der Waals surface area contributed by atoms with Gasteiger partial charge in [0, 0.05) is 17.8 Å². The summed E-state index contributed by atoms with van der Waals surface area (Å²) in [5.74, 6) is -0.451. The maximum Gasteiger partial charge on any atom is 0.275 e. The Hall–Kier alpha value is -2.47. The number of halogens is 1. The molecule has 2 aromatic rings. The number of hydrogen-bond acceptors (Lipinski definition) is 4. The van der Waals surface area contributed by atoms with Crippen LogP contribution in [0.15, 0.2) is 36.7 Å². The van der Waals surface area contributed by atoms with Crippen LogP contribution in [-0.2, 0) is 4.79 Å². The predicted octanol–water partition coefficient (Wildman–Crippen LogP) is 2.73. The first-order valence-corrected chi connectivity index (χ1v) is 6.65. The molecule has 2 N–H and O–H groups in total. The Morgan fingerprint density at radius 2 is 1.67 bits per heavy atom. The molecule has 0 atom stereocenters. The monoisotopic (exact) mass is 304 g/mol. The van der Waals surface area contributed by atoms with Crippen molar-refractivity contribution < 1.29 is 9.59 Å². The lowest BCUT2D eigenvalue weighted by Gasteiger charge is -2.07. The average molecular weight is 305 g/mol. The fourth-order valence-electron chi connectivity index (χ4n) is 1.51. The molecule has 0 spiro atoms. The van der Waals surface area contributed by atoms with E-state index in [4.69, 9.17) is 11.6 Å². The largest absolute Gasteiger partial charge is 0.326 e. The first-order valence-electron chi connectivity index (χ1n) is 6.27. The molecule has 0 aliphatic carbocycles. The molecule has 0 saturated carbocycles. The minimum atomic E-state index is -0.385. The summed E-state index contributed by atoms with van der Waals surface area (Å²) in [4.78, 5) is 30.8. The standard InChI is InChI=1S/C14H13ClN4O2/c1-2-13(20)18-9-3-5-10(6-4-9)19-14(21)11-7-17-12(15)8-16-11/h3-8H,2H2,1H3,(H,18,20)(H,19,21). The number of benzene rings is 1. The summed E-state index contributed by atoms with van der Waals surface area (Å²) >= 11 is 5.61. The Kier molecular flexibility index (Phi) is 4.84. The molecular formula is C14H13ClN4O2. The highest BCUT2D eigenvalue weighted by Gasteiger charge is 2.08. The summed E-state index contributed by atoms with van der Waals surface area (Å²) in [5, 5.41) is 5.62. The molecule has 1 aromatic carbocycles. The number of nitrogens with one attached hydrogen (secondary N) is 2. The van der Waals surface area contributed by atoms with E-state index in [0.29, 0.717) is 17.8 Å². The van der Waals surface area contributed by atoms with Crippen LogP contribution < -0.4 is 10.6 Å². The number of hydrogen-bond donors (Lipinski definition) is 2. The normalized spacial score (nSPS) is 10.0. The second-order valence-corrected chi connectivity index (χ2v) is 4.54. The zero-order valence-corrected chi connectivity index (χ0v) is 12.0. The van der Waals surface area contributed by atoms with Gasteiger partial charge in [0.15, 0.2) is 0 Å². The Labute approximate surface area is 126 Å². The second kappa shape index (κ2) is 6.81. The summed E-state index contributed by atoms with van der Waals surface area (Å²) in [5.41, 5.74) is 1.43. The van der Waals surface area contributed by atoms with Crippen LogP contribution in [-0.4, -0.2) is 21.8 Å². The van der Waals surface area contributed by atoms with Crippen LogP contribution in [0.2, 0.25) is 5.15 Å². The van der Waals surface area contributed by atoms with Gasteiger partial charge in [-0.25, -0.2) is 9.97 Å². The molecule has 0 aliphatic heterocycles. The van der Waals surface area contributed by atoms with Gasteiger partial charge in [0.25, 0.3) is 5.91 Å². The topological polar surface area (TPSA) is 84.0 Å². The SMILES string of the molecule is CCC(=O)Nc1ccc(NC(=O)c2cnc(Cl)cn2)cc1. The van der Waals surface area contributed by atoms with Gasteiger partial charge < -0.3 is 10.6 Å². The van der Waals surface area contributed by atoms with Crippen LogP contribution in [0.25, 0.3) is 0 Å². The Morgan fingerprint density at radius 1 is 1.05 bits per heavy atom. The van der Waals surface area contributed by atoms with E-state index in [1.54, 1.807) is 31.2 Å². The van der Waals surface area contributed by atoms with Crippen LogP contribution >= 0.6 is 11.6 Å². The van der Waals surface area contributed by atoms with Crippen molar-refractivity contribution in [3.63, 3.8) is 0 Å². The molecule has 0 bridgehead atoms. The van der Waals surface area contributed by atoms with E-state index in [2.05, 4.69) is 20.6 Å². The van der Waals surface area contributed by atoms with Gasteiger partial charge in [-0.2, -0.15) is 0 Å². The van der Waals surface area contributed by atoms with Crippen molar-refractivity contribution in [2.75, 3.05) is 10.6 Å². The summed E-state index contributed by atoms with van der Waals surface area (Å²) in [6.45, 7) is 1.77. The lowest BCUT2D eigenvalue weighted by molar-refractivity contribution is -0.115. The fraction of sp³-hybridized carbons (Fsp3) is 0.143. The molecule has 2 rings (SSSR count). The molecule has 0 saturated heterocycles. The molecule has 7 heteroatoms. The zero-order chi connectivity index (χ0) is 15.2. The lowest BCUT2D eigenvalue weighted by atomic mass is 10.2. The van der Waals surface area contributed by atoms with Gasteiger partial charge in [-0.1, -0.05) is 18.5 Å². The van der Waals surface area contributed by atoms with E-state index in [9.17, 15) is 9.59 Å². The minimum Gasteiger partial charge on any atom is -0.326 e. The van der Waals surface area contributed by atoms with Crippen molar-refractivity contribution in [3.05, 3.63) is 47.5 Å². The van der Waals surface area contributed by atoms with Gasteiger partial charge in [-0.05, 0) is 24.3 Å². The van der Waals surface area contributed by atoms with Crippen LogP contribution in [0.5, 0.6) is 0 Å². The van der Waals surface area contributed by atoms with Crippen LogP contribution in [0.4, 0.5) is 11.4 Å². The lowest BCUT2D eigenvalue weighted by Crippen LogP contribution is -2.14. The number of aromatic nitrogens is 2. The summed E-state index contributed by atoms with van der Waals surface area (Å²) in [6, 6.07) is 6.78. The second-order valence-electron chi connectivity index (χ2n) is 4.16. The summed E-state index contributed by atoms with van der Waals surface area (Å²) in [6.07, 6.45) is 3.01. The molecular weight excluding hydrogens is 292 g/mol. The van der Waals surface area contributed by atoms with E-state index in [-0.39, 0.29) is 22.7 Å². The Bertz CT molecular complexity index is 641. The number of amides is 2. The quantitative estimate of drug-likeness (QED) is 0.909. The summed E-state index contributed by atoms with van der Waals surface area (Å²) < 4.78 is 0. The van der Waals surface area contributed by atoms with E-state index >= 15 is 0 Å². The smallest absolute Gasteiger partial charge is 0.275 e. The third-order valence-corrected chi connectivity index (χ3v) is 2.80. The fourth-order valence-corrected chi connectivity index (χ4v) is 1.61. The molecule has 0 radical (unpaired) electrons. The molecule has 0 aliphatic rings. The molecule has 2 amide bonds. The Morgan fingerprint density at radius 3 is 2.19 bits per heavy atom. The third kappa shape index (κ3) is 4.25. The van der Waals surface area contributed by atoms with Crippen LogP contribution in [0.1, 0.15) is 23.8 Å². The van der Waals surface area contributed by atoms with Crippen LogP contribution in [0.3, 0.4) is 0 Å². The van der Waals surface area contributed by atoms with Crippen molar-refractivity contribution in [2.45, 2.75) is 13.3 Å². The molecule has 108 valence electrons. The number of rotatable bonds is 4. The zero-order valence-electron chi connectivity index (χ0n) is 11.3. The Balaban J connectivity index is 2.01. The first kappa shape index (κ1) is 14.9. The van der Waals surface area contributed by atoms with Crippen molar-refractivity contribution in [3.8, 4) is 0 Å². The summed E-state index contributed by atoms with van der Waals surface area (Å²) in [7, 11) is 0. The third-order valence-electron chi connectivity index (χ3n) is 2.60. The van der Waals surface area contributed by atoms with Crippen molar-refractivity contribution in [1.29, 1.82) is 0 Å². The van der Waals surface area contributed by atoms with E-state index in [0.717, 1.165) is 0 Å². The molecule has 0 unspecified atom stereocenters. The van der Waals surface area contributed by atoms with Crippen LogP contribution in [0, 0.1) is 0 Å². The predicted molar refractivity (Wildman–Crippen MR) is 80.4 cm³/mol. The highest BCUT2D eigenvalue weighted by molar-refractivity contribution is 6.29. The first-order chi connectivity index (χ1) is 10.1. The molecule has 1 aromatic heterocycles. The molecule has 0 fully saturated rings.